The van der Waals surface area contributed by atoms with Gasteiger partial charge in [0.05, 0.1) is 4.47 Å². The molecule has 3 nitrogen and oxygen atoms in total. The summed E-state index contributed by atoms with van der Waals surface area (Å²) in [4.78, 5) is 4.41. The minimum Gasteiger partial charge on any atom is -0.439 e. The molecule has 0 aliphatic rings. The molecule has 0 aliphatic heterocycles. The van der Waals surface area contributed by atoms with Crippen LogP contribution in [0.2, 0.25) is 0 Å². The minimum atomic E-state index is 0.400. The van der Waals surface area contributed by atoms with Gasteiger partial charge in [-0.05, 0) is 40.5 Å². The SMILES string of the molecule is CC(CN)Cc1nc2cccc(Br)c2o1. The second-order valence-electron chi connectivity index (χ2n) is 3.74. The maximum absolute atomic E-state index is 5.66. The maximum Gasteiger partial charge on any atom is 0.195 e. The number of rotatable bonds is 3. The van der Waals surface area contributed by atoms with Gasteiger partial charge in [0.15, 0.2) is 11.5 Å². The average molecular weight is 269 g/mol. The van der Waals surface area contributed by atoms with Crippen LogP contribution in [0.25, 0.3) is 11.1 Å². The fraction of sp³-hybridized carbons (Fsp3) is 0.364. The maximum atomic E-state index is 5.66. The number of fused-ring (bicyclic) bond motifs is 1. The lowest BCUT2D eigenvalue weighted by Gasteiger charge is -2.02. The van der Waals surface area contributed by atoms with Crippen molar-refractivity contribution in [3.63, 3.8) is 0 Å². The molecule has 1 unspecified atom stereocenters. The fourth-order valence-electron chi connectivity index (χ4n) is 1.43. The van der Waals surface area contributed by atoms with Gasteiger partial charge in [-0.25, -0.2) is 4.98 Å². The zero-order valence-corrected chi connectivity index (χ0v) is 10.1. The number of hydrogen-bond acceptors (Lipinski definition) is 3. The number of para-hydroxylation sites is 1. The number of benzene rings is 1. The molecule has 2 rings (SSSR count). The van der Waals surface area contributed by atoms with E-state index in [4.69, 9.17) is 10.2 Å². The van der Waals surface area contributed by atoms with Gasteiger partial charge in [-0.3, -0.25) is 0 Å². The van der Waals surface area contributed by atoms with Crippen LogP contribution in [0.3, 0.4) is 0 Å². The molecule has 15 heavy (non-hydrogen) atoms. The first-order valence-electron chi connectivity index (χ1n) is 4.94. The number of nitrogens with two attached hydrogens (primary N) is 1. The number of hydrogen-bond donors (Lipinski definition) is 1. The Bertz CT molecular complexity index is 467. The van der Waals surface area contributed by atoms with Crippen molar-refractivity contribution in [3.05, 3.63) is 28.6 Å². The third-order valence-electron chi connectivity index (χ3n) is 2.34. The van der Waals surface area contributed by atoms with E-state index in [1.54, 1.807) is 0 Å². The molecule has 0 saturated carbocycles. The Morgan fingerprint density at radius 3 is 3.00 bits per heavy atom. The zero-order valence-electron chi connectivity index (χ0n) is 8.53. The number of oxazole rings is 1. The topological polar surface area (TPSA) is 52.0 Å². The molecule has 1 aromatic heterocycles. The van der Waals surface area contributed by atoms with Crippen LogP contribution in [-0.2, 0) is 6.42 Å². The summed E-state index contributed by atoms with van der Waals surface area (Å²) in [5.74, 6) is 1.16. The van der Waals surface area contributed by atoms with E-state index < -0.39 is 0 Å². The van der Waals surface area contributed by atoms with Crippen molar-refractivity contribution in [1.82, 2.24) is 4.98 Å². The highest BCUT2D eigenvalue weighted by molar-refractivity contribution is 9.10. The first kappa shape index (κ1) is 10.6. The average Bonchev–Trinajstić information content (AvgIpc) is 2.62. The van der Waals surface area contributed by atoms with E-state index in [1.807, 2.05) is 18.2 Å². The van der Waals surface area contributed by atoms with Gasteiger partial charge in [-0.15, -0.1) is 0 Å². The third kappa shape index (κ3) is 2.21. The Morgan fingerprint density at radius 2 is 2.33 bits per heavy atom. The molecule has 4 heteroatoms. The number of halogens is 1. The van der Waals surface area contributed by atoms with Crippen molar-refractivity contribution >= 4 is 27.0 Å². The van der Waals surface area contributed by atoms with E-state index in [9.17, 15) is 0 Å². The summed E-state index contributed by atoms with van der Waals surface area (Å²) in [5, 5.41) is 0. The summed E-state index contributed by atoms with van der Waals surface area (Å²) < 4.78 is 6.60. The van der Waals surface area contributed by atoms with Gasteiger partial charge in [-0.1, -0.05) is 13.0 Å². The van der Waals surface area contributed by atoms with Crippen LogP contribution in [0.5, 0.6) is 0 Å². The van der Waals surface area contributed by atoms with E-state index in [0.717, 1.165) is 27.9 Å². The van der Waals surface area contributed by atoms with E-state index in [1.165, 1.54) is 0 Å². The highest BCUT2D eigenvalue weighted by atomic mass is 79.9. The van der Waals surface area contributed by atoms with Crippen molar-refractivity contribution in [2.24, 2.45) is 11.7 Å². The largest absolute Gasteiger partial charge is 0.439 e. The van der Waals surface area contributed by atoms with Crippen LogP contribution in [-0.4, -0.2) is 11.5 Å². The van der Waals surface area contributed by atoms with Crippen LogP contribution in [0.1, 0.15) is 12.8 Å². The quantitative estimate of drug-likeness (QED) is 0.932. The van der Waals surface area contributed by atoms with Crippen LogP contribution in [0.4, 0.5) is 0 Å². The molecule has 1 aromatic carbocycles. The molecule has 2 N–H and O–H groups in total. The molecule has 0 bridgehead atoms. The first-order valence-corrected chi connectivity index (χ1v) is 5.74. The molecular formula is C11H13BrN2O. The van der Waals surface area contributed by atoms with Gasteiger partial charge < -0.3 is 10.2 Å². The predicted molar refractivity (Wildman–Crippen MR) is 63.6 cm³/mol. The Labute approximate surface area is 96.8 Å². The summed E-state index contributed by atoms with van der Waals surface area (Å²) in [5.41, 5.74) is 7.27. The highest BCUT2D eigenvalue weighted by Gasteiger charge is 2.10. The molecule has 0 aliphatic carbocycles. The van der Waals surface area contributed by atoms with Gasteiger partial charge in [0.25, 0.3) is 0 Å². The van der Waals surface area contributed by atoms with E-state index >= 15 is 0 Å². The van der Waals surface area contributed by atoms with Gasteiger partial charge in [0, 0.05) is 6.42 Å². The van der Waals surface area contributed by atoms with E-state index in [2.05, 4.69) is 27.8 Å². The summed E-state index contributed by atoms with van der Waals surface area (Å²) in [6, 6.07) is 5.84. The highest BCUT2D eigenvalue weighted by Crippen LogP contribution is 2.25. The van der Waals surface area contributed by atoms with E-state index in [0.29, 0.717) is 12.5 Å². The second kappa shape index (κ2) is 4.33. The van der Waals surface area contributed by atoms with Crippen LogP contribution >= 0.6 is 15.9 Å². The first-order chi connectivity index (χ1) is 7.20. The molecule has 0 spiro atoms. The molecule has 1 atom stereocenters. The standard InChI is InChI=1S/C11H13BrN2O/c1-7(6-13)5-10-14-9-4-2-3-8(12)11(9)15-10/h2-4,7H,5-6,13H2,1H3. The molecule has 2 aromatic rings. The Kier molecular flexibility index (Phi) is 3.07. The van der Waals surface area contributed by atoms with Crippen molar-refractivity contribution in [1.29, 1.82) is 0 Å². The van der Waals surface area contributed by atoms with Crippen molar-refractivity contribution in [2.75, 3.05) is 6.54 Å². The summed E-state index contributed by atoms with van der Waals surface area (Å²) in [7, 11) is 0. The Morgan fingerprint density at radius 1 is 1.53 bits per heavy atom. The van der Waals surface area contributed by atoms with Crippen molar-refractivity contribution in [2.45, 2.75) is 13.3 Å². The summed E-state index contributed by atoms with van der Waals surface area (Å²) in [6.07, 6.45) is 0.789. The van der Waals surface area contributed by atoms with Gasteiger partial charge in [-0.2, -0.15) is 0 Å². The molecule has 0 saturated heterocycles. The van der Waals surface area contributed by atoms with Gasteiger partial charge >= 0.3 is 0 Å². The van der Waals surface area contributed by atoms with Crippen LogP contribution in [0, 0.1) is 5.92 Å². The molecule has 0 radical (unpaired) electrons. The number of aromatic nitrogens is 1. The second-order valence-corrected chi connectivity index (χ2v) is 4.60. The van der Waals surface area contributed by atoms with E-state index in [-0.39, 0.29) is 0 Å². The Balaban J connectivity index is 2.35. The normalized spacial score (nSPS) is 13.3. The predicted octanol–water partition coefficient (Wildman–Crippen LogP) is 2.73. The van der Waals surface area contributed by atoms with Crippen LogP contribution < -0.4 is 5.73 Å². The lowest BCUT2D eigenvalue weighted by atomic mass is 10.1. The number of nitrogens with zero attached hydrogens (tertiary/aromatic N) is 1. The smallest absolute Gasteiger partial charge is 0.195 e. The lowest BCUT2D eigenvalue weighted by molar-refractivity contribution is 0.467. The fourth-order valence-corrected chi connectivity index (χ4v) is 1.87. The molecule has 0 fully saturated rings. The Hall–Kier alpha value is -0.870. The summed E-state index contributed by atoms with van der Waals surface area (Å²) >= 11 is 3.44. The van der Waals surface area contributed by atoms with Gasteiger partial charge in [0.2, 0.25) is 0 Å². The minimum absolute atomic E-state index is 0.400. The van der Waals surface area contributed by atoms with Crippen molar-refractivity contribution in [3.8, 4) is 0 Å². The molecular weight excluding hydrogens is 256 g/mol. The zero-order chi connectivity index (χ0) is 10.8. The van der Waals surface area contributed by atoms with Gasteiger partial charge in [0.1, 0.15) is 5.52 Å². The monoisotopic (exact) mass is 268 g/mol. The summed E-state index contributed by atoms with van der Waals surface area (Å²) in [6.45, 7) is 2.74. The molecule has 80 valence electrons. The van der Waals surface area contributed by atoms with Crippen LogP contribution in [0.15, 0.2) is 27.1 Å². The van der Waals surface area contributed by atoms with Crippen molar-refractivity contribution < 1.29 is 4.42 Å². The lowest BCUT2D eigenvalue weighted by Crippen LogP contribution is -2.13. The third-order valence-corrected chi connectivity index (χ3v) is 2.96. The molecule has 0 amide bonds. The molecule has 1 heterocycles.